The van der Waals surface area contributed by atoms with E-state index in [0.717, 1.165) is 0 Å². The second-order valence-electron chi connectivity index (χ2n) is 5.21. The number of ether oxygens (including phenoxy) is 3. The number of aliphatic hydroxyl groups is 1. The Kier molecular flexibility index (Phi) is 4.77. The van der Waals surface area contributed by atoms with Gasteiger partial charge in [0.15, 0.2) is 23.9 Å². The molecule has 6 heteroatoms. The summed E-state index contributed by atoms with van der Waals surface area (Å²) in [5, 5.41) is 8.97. The molecule has 0 aromatic heterocycles. The Hall–Kier alpha value is -2.86. The van der Waals surface area contributed by atoms with E-state index in [2.05, 4.69) is 0 Å². The highest BCUT2D eigenvalue weighted by atomic mass is 16.6. The Balaban J connectivity index is 1.61. The van der Waals surface area contributed by atoms with Gasteiger partial charge in [0.1, 0.15) is 13.2 Å². The monoisotopic (exact) mass is 328 g/mol. The van der Waals surface area contributed by atoms with E-state index < -0.39 is 5.97 Å². The number of ketones is 1. The van der Waals surface area contributed by atoms with Gasteiger partial charge >= 0.3 is 5.97 Å². The summed E-state index contributed by atoms with van der Waals surface area (Å²) >= 11 is 0. The van der Waals surface area contributed by atoms with Crippen molar-refractivity contribution in [2.45, 2.75) is 6.61 Å². The molecule has 0 amide bonds. The molecular weight excluding hydrogens is 312 g/mol. The molecule has 0 saturated carbocycles. The molecule has 1 aliphatic rings. The Morgan fingerprint density at radius 3 is 2.33 bits per heavy atom. The van der Waals surface area contributed by atoms with Crippen molar-refractivity contribution in [1.82, 2.24) is 0 Å². The Labute approximate surface area is 138 Å². The summed E-state index contributed by atoms with van der Waals surface area (Å²) in [6.07, 6.45) is 0. The third kappa shape index (κ3) is 3.55. The highest BCUT2D eigenvalue weighted by Gasteiger charge is 2.16. The first kappa shape index (κ1) is 16.0. The number of fused-ring (bicyclic) bond motifs is 1. The molecule has 0 aliphatic carbocycles. The van der Waals surface area contributed by atoms with Crippen LogP contribution in [0, 0.1) is 0 Å². The van der Waals surface area contributed by atoms with Crippen LogP contribution in [0.3, 0.4) is 0 Å². The van der Waals surface area contributed by atoms with Crippen LogP contribution in [0.4, 0.5) is 0 Å². The third-order valence-corrected chi connectivity index (χ3v) is 3.57. The van der Waals surface area contributed by atoms with Crippen LogP contribution in [0.1, 0.15) is 26.3 Å². The van der Waals surface area contributed by atoms with Crippen molar-refractivity contribution in [3.63, 3.8) is 0 Å². The van der Waals surface area contributed by atoms with Crippen LogP contribution in [-0.2, 0) is 11.3 Å². The summed E-state index contributed by atoms with van der Waals surface area (Å²) in [7, 11) is 0. The average molecular weight is 328 g/mol. The quantitative estimate of drug-likeness (QED) is 0.668. The fourth-order valence-electron chi connectivity index (χ4n) is 2.26. The minimum absolute atomic E-state index is 0.0993. The van der Waals surface area contributed by atoms with Gasteiger partial charge in [0.25, 0.3) is 0 Å². The molecule has 0 fully saturated rings. The van der Waals surface area contributed by atoms with Crippen LogP contribution in [0.15, 0.2) is 42.5 Å². The van der Waals surface area contributed by atoms with Gasteiger partial charge in [-0.15, -0.1) is 0 Å². The summed E-state index contributed by atoms with van der Waals surface area (Å²) < 4.78 is 15.9. The molecule has 0 spiro atoms. The van der Waals surface area contributed by atoms with Crippen molar-refractivity contribution in [3.05, 3.63) is 59.2 Å². The van der Waals surface area contributed by atoms with Gasteiger partial charge in [-0.1, -0.05) is 12.1 Å². The number of hydrogen-bond acceptors (Lipinski definition) is 6. The predicted molar refractivity (Wildman–Crippen MR) is 84.4 cm³/mol. The van der Waals surface area contributed by atoms with Gasteiger partial charge in [-0.05, 0) is 35.9 Å². The molecule has 3 rings (SSSR count). The molecule has 124 valence electrons. The number of hydrogen-bond donors (Lipinski definition) is 1. The zero-order chi connectivity index (χ0) is 16.9. The number of carbonyl (C=O) groups excluding carboxylic acids is 2. The van der Waals surface area contributed by atoms with Crippen molar-refractivity contribution in [2.24, 2.45) is 0 Å². The number of rotatable bonds is 5. The number of benzene rings is 2. The normalized spacial score (nSPS) is 12.5. The third-order valence-electron chi connectivity index (χ3n) is 3.57. The molecule has 1 aliphatic heterocycles. The zero-order valence-corrected chi connectivity index (χ0v) is 12.9. The van der Waals surface area contributed by atoms with Crippen LogP contribution in [-0.4, -0.2) is 36.7 Å². The van der Waals surface area contributed by atoms with Crippen molar-refractivity contribution >= 4 is 11.8 Å². The molecule has 2 aromatic rings. The first-order valence-corrected chi connectivity index (χ1v) is 7.47. The van der Waals surface area contributed by atoms with Gasteiger partial charge < -0.3 is 19.3 Å². The molecule has 0 bridgehead atoms. The van der Waals surface area contributed by atoms with Crippen LogP contribution in [0.2, 0.25) is 0 Å². The summed E-state index contributed by atoms with van der Waals surface area (Å²) in [5.41, 5.74) is 1.41. The molecule has 0 unspecified atom stereocenters. The van der Waals surface area contributed by atoms with Crippen molar-refractivity contribution in [3.8, 4) is 11.5 Å². The Morgan fingerprint density at radius 1 is 0.958 bits per heavy atom. The molecule has 0 atom stereocenters. The lowest BCUT2D eigenvalue weighted by Gasteiger charge is -2.18. The molecule has 2 aromatic carbocycles. The summed E-state index contributed by atoms with van der Waals surface area (Å²) in [6.45, 7) is 0.453. The van der Waals surface area contributed by atoms with Crippen molar-refractivity contribution in [2.75, 3.05) is 19.8 Å². The maximum absolute atomic E-state index is 12.2. The predicted octanol–water partition coefficient (Wildman–Crippen LogP) is 1.99. The lowest BCUT2D eigenvalue weighted by molar-refractivity contribution is 0.0474. The molecule has 1 heterocycles. The van der Waals surface area contributed by atoms with Gasteiger partial charge in [0.05, 0.1) is 12.2 Å². The Bertz CT molecular complexity index is 751. The largest absolute Gasteiger partial charge is 0.486 e. The maximum Gasteiger partial charge on any atom is 0.338 e. The lowest BCUT2D eigenvalue weighted by atomic mass is 10.1. The van der Waals surface area contributed by atoms with E-state index in [9.17, 15) is 9.59 Å². The minimum atomic E-state index is -0.592. The maximum atomic E-state index is 12.2. The van der Waals surface area contributed by atoms with Gasteiger partial charge in [-0.3, -0.25) is 4.79 Å². The standard InChI is InChI=1S/C18H16O6/c19-10-12-1-3-13(4-2-12)18(21)24-11-15(20)14-5-6-16-17(9-14)23-8-7-22-16/h1-6,9,19H,7-8,10-11H2. The first-order valence-electron chi connectivity index (χ1n) is 7.47. The topological polar surface area (TPSA) is 82.1 Å². The molecule has 0 radical (unpaired) electrons. The highest BCUT2D eigenvalue weighted by Crippen LogP contribution is 2.30. The molecule has 1 N–H and O–H groups in total. The van der Waals surface area contributed by atoms with Crippen molar-refractivity contribution < 1.29 is 28.9 Å². The fraction of sp³-hybridized carbons (Fsp3) is 0.222. The van der Waals surface area contributed by atoms with E-state index >= 15 is 0 Å². The number of carbonyl (C=O) groups is 2. The van der Waals surface area contributed by atoms with E-state index in [4.69, 9.17) is 19.3 Å². The molecule has 0 saturated heterocycles. The van der Waals surface area contributed by atoms with Gasteiger partial charge in [0.2, 0.25) is 0 Å². The number of esters is 1. The zero-order valence-electron chi connectivity index (χ0n) is 12.9. The van der Waals surface area contributed by atoms with E-state index in [0.29, 0.717) is 41.4 Å². The van der Waals surface area contributed by atoms with E-state index in [1.807, 2.05) is 0 Å². The smallest absolute Gasteiger partial charge is 0.338 e. The van der Waals surface area contributed by atoms with Gasteiger partial charge in [-0.2, -0.15) is 0 Å². The molecule has 6 nitrogen and oxygen atoms in total. The minimum Gasteiger partial charge on any atom is -0.486 e. The summed E-state index contributed by atoms with van der Waals surface area (Å²) in [5.74, 6) is 0.189. The SMILES string of the molecule is O=C(COC(=O)c1ccc(CO)cc1)c1ccc2c(c1)OCCO2. The second-order valence-corrected chi connectivity index (χ2v) is 5.21. The van der Waals surface area contributed by atoms with Gasteiger partial charge in [-0.25, -0.2) is 4.79 Å². The first-order chi connectivity index (χ1) is 11.7. The number of aliphatic hydroxyl groups excluding tert-OH is 1. The van der Waals surface area contributed by atoms with Crippen LogP contribution >= 0.6 is 0 Å². The molecular formula is C18H16O6. The van der Waals surface area contributed by atoms with Gasteiger partial charge in [0, 0.05) is 5.56 Å². The van der Waals surface area contributed by atoms with Crippen LogP contribution in [0.5, 0.6) is 11.5 Å². The molecule has 24 heavy (non-hydrogen) atoms. The van der Waals surface area contributed by atoms with Crippen molar-refractivity contribution in [1.29, 1.82) is 0 Å². The lowest BCUT2D eigenvalue weighted by Crippen LogP contribution is -2.17. The van der Waals surface area contributed by atoms with E-state index in [1.54, 1.807) is 42.5 Å². The average Bonchev–Trinajstić information content (AvgIpc) is 2.65. The van der Waals surface area contributed by atoms with Crippen LogP contribution in [0.25, 0.3) is 0 Å². The van der Waals surface area contributed by atoms with Crippen LogP contribution < -0.4 is 9.47 Å². The Morgan fingerprint density at radius 2 is 1.62 bits per heavy atom. The van der Waals surface area contributed by atoms with E-state index in [1.165, 1.54) is 0 Å². The fourth-order valence-corrected chi connectivity index (χ4v) is 2.26. The van der Waals surface area contributed by atoms with E-state index in [-0.39, 0.29) is 19.0 Å². The summed E-state index contributed by atoms with van der Waals surface area (Å²) in [6, 6.07) is 11.2. The summed E-state index contributed by atoms with van der Waals surface area (Å²) in [4.78, 5) is 24.1. The second kappa shape index (κ2) is 7.14. The number of Topliss-reactive ketones (excluding diaryl/α,β-unsaturated/α-hetero) is 1. The highest BCUT2D eigenvalue weighted by molar-refractivity contribution is 5.99.